The van der Waals surface area contributed by atoms with Gasteiger partial charge >= 0.3 is 0 Å². The molecule has 0 saturated carbocycles. The van der Waals surface area contributed by atoms with Crippen molar-refractivity contribution in [2.45, 2.75) is 25.7 Å². The molecule has 27 heavy (non-hydrogen) atoms. The average Bonchev–Trinajstić information content (AvgIpc) is 2.74. The average molecular weight is 356 g/mol. The first-order chi connectivity index (χ1) is 13.2. The molecule has 1 saturated heterocycles. The highest BCUT2D eigenvalue weighted by Crippen LogP contribution is 2.28. The zero-order valence-electron chi connectivity index (χ0n) is 15.6. The number of piperidine rings is 1. The number of hydrogen-bond acceptors (Lipinski definition) is 2. The zero-order chi connectivity index (χ0) is 18.6. The number of aryl methyl sites for hydroxylation is 1. The Bertz CT molecular complexity index is 936. The van der Waals surface area contributed by atoms with Crippen LogP contribution in [0.15, 0.2) is 72.8 Å². The maximum Gasteiger partial charge on any atom is 0.253 e. The van der Waals surface area contributed by atoms with Crippen LogP contribution in [0.2, 0.25) is 0 Å². The molecule has 1 aliphatic heterocycles. The van der Waals surface area contributed by atoms with Gasteiger partial charge in [-0.05, 0) is 50.1 Å². The van der Waals surface area contributed by atoms with Gasteiger partial charge in [-0.3, -0.25) is 9.78 Å². The van der Waals surface area contributed by atoms with Gasteiger partial charge in [-0.2, -0.15) is 0 Å². The summed E-state index contributed by atoms with van der Waals surface area (Å²) >= 11 is 0. The van der Waals surface area contributed by atoms with Gasteiger partial charge in [0.2, 0.25) is 0 Å². The number of likely N-dealkylation sites (tertiary alicyclic amines) is 1. The summed E-state index contributed by atoms with van der Waals surface area (Å²) in [6.07, 6.45) is 2.09. The van der Waals surface area contributed by atoms with Crippen LogP contribution in [0.25, 0.3) is 11.3 Å². The first-order valence-electron chi connectivity index (χ1n) is 9.59. The van der Waals surface area contributed by atoms with Crippen LogP contribution >= 0.6 is 0 Å². The predicted octanol–water partition coefficient (Wildman–Crippen LogP) is 5.08. The van der Waals surface area contributed by atoms with E-state index in [9.17, 15) is 4.79 Å². The van der Waals surface area contributed by atoms with Crippen LogP contribution in [-0.2, 0) is 0 Å². The maximum atomic E-state index is 12.8. The fourth-order valence-corrected chi connectivity index (χ4v) is 3.81. The van der Waals surface area contributed by atoms with Crippen LogP contribution in [0, 0.1) is 6.92 Å². The van der Waals surface area contributed by atoms with Crippen LogP contribution in [0.1, 0.15) is 40.4 Å². The van der Waals surface area contributed by atoms with E-state index < -0.39 is 0 Å². The molecular formula is C24H24N2O. The number of pyridine rings is 1. The largest absolute Gasteiger partial charge is 0.338 e. The van der Waals surface area contributed by atoms with Crippen LogP contribution in [0.5, 0.6) is 0 Å². The van der Waals surface area contributed by atoms with Gasteiger partial charge in [0, 0.05) is 35.8 Å². The first kappa shape index (κ1) is 17.5. The summed E-state index contributed by atoms with van der Waals surface area (Å²) in [5.74, 6) is 0.409. The fraction of sp³-hybridized carbons (Fsp3) is 0.250. The Morgan fingerprint density at radius 1 is 1.00 bits per heavy atom. The molecule has 1 atom stereocenters. The van der Waals surface area contributed by atoms with Crippen molar-refractivity contribution < 1.29 is 4.79 Å². The molecule has 2 heterocycles. The van der Waals surface area contributed by atoms with Crippen LogP contribution in [-0.4, -0.2) is 28.9 Å². The van der Waals surface area contributed by atoms with E-state index in [1.807, 2.05) is 35.2 Å². The molecule has 0 spiro atoms. The smallest absolute Gasteiger partial charge is 0.253 e. The lowest BCUT2D eigenvalue weighted by Gasteiger charge is -2.32. The highest BCUT2D eigenvalue weighted by molar-refractivity contribution is 5.94. The van der Waals surface area contributed by atoms with Crippen molar-refractivity contribution in [3.8, 4) is 11.3 Å². The van der Waals surface area contributed by atoms with E-state index >= 15 is 0 Å². The van der Waals surface area contributed by atoms with Crippen LogP contribution < -0.4 is 0 Å². The van der Waals surface area contributed by atoms with E-state index in [4.69, 9.17) is 4.98 Å². The Morgan fingerprint density at radius 3 is 2.63 bits per heavy atom. The first-order valence-corrected chi connectivity index (χ1v) is 9.59. The van der Waals surface area contributed by atoms with E-state index in [1.54, 1.807) is 0 Å². The van der Waals surface area contributed by atoms with Crippen molar-refractivity contribution in [1.29, 1.82) is 0 Å². The molecule has 0 bridgehead atoms. The number of rotatable bonds is 3. The Kier molecular flexibility index (Phi) is 5.01. The van der Waals surface area contributed by atoms with E-state index in [0.29, 0.717) is 0 Å². The number of carbonyl (C=O) groups excluding carboxylic acids is 1. The Balaban J connectivity index is 1.55. The molecule has 1 fully saturated rings. The summed E-state index contributed by atoms with van der Waals surface area (Å²) in [5, 5.41) is 0. The lowest BCUT2D eigenvalue weighted by molar-refractivity contribution is 0.0706. The molecule has 0 aliphatic carbocycles. The molecule has 136 valence electrons. The molecule has 0 radical (unpaired) electrons. The number of hydrogen-bond donors (Lipinski definition) is 0. The monoisotopic (exact) mass is 356 g/mol. The number of nitrogens with zero attached hydrogens (tertiary/aromatic N) is 2. The lowest BCUT2D eigenvalue weighted by atomic mass is 9.93. The maximum absolute atomic E-state index is 12.8. The van der Waals surface area contributed by atoms with Gasteiger partial charge in [0.25, 0.3) is 5.91 Å². The second-order valence-corrected chi connectivity index (χ2v) is 7.27. The molecule has 0 unspecified atom stereocenters. The summed E-state index contributed by atoms with van der Waals surface area (Å²) in [6.45, 7) is 3.65. The number of amides is 1. The fourth-order valence-electron chi connectivity index (χ4n) is 3.81. The lowest BCUT2D eigenvalue weighted by Crippen LogP contribution is -2.39. The third kappa shape index (κ3) is 3.92. The highest BCUT2D eigenvalue weighted by Gasteiger charge is 2.26. The van der Waals surface area contributed by atoms with E-state index in [-0.39, 0.29) is 11.8 Å². The topological polar surface area (TPSA) is 33.2 Å². The normalized spacial score (nSPS) is 16.9. The van der Waals surface area contributed by atoms with Crippen molar-refractivity contribution in [2.24, 2.45) is 0 Å². The zero-order valence-corrected chi connectivity index (χ0v) is 15.6. The molecule has 2 aromatic carbocycles. The summed E-state index contributed by atoms with van der Waals surface area (Å²) in [4.78, 5) is 19.7. The minimum absolute atomic E-state index is 0.120. The second kappa shape index (κ2) is 7.75. The molecule has 1 aromatic heterocycles. The molecular weight excluding hydrogens is 332 g/mol. The van der Waals surface area contributed by atoms with Gasteiger partial charge in [0.15, 0.2) is 0 Å². The minimum Gasteiger partial charge on any atom is -0.338 e. The molecule has 3 aromatic rings. The third-order valence-electron chi connectivity index (χ3n) is 5.23. The van der Waals surface area contributed by atoms with E-state index in [1.165, 1.54) is 5.56 Å². The quantitative estimate of drug-likeness (QED) is 0.656. The van der Waals surface area contributed by atoms with Gasteiger partial charge in [-0.25, -0.2) is 0 Å². The minimum atomic E-state index is 0.120. The van der Waals surface area contributed by atoms with Crippen molar-refractivity contribution in [1.82, 2.24) is 9.88 Å². The summed E-state index contributed by atoms with van der Waals surface area (Å²) < 4.78 is 0. The van der Waals surface area contributed by atoms with Crippen LogP contribution in [0.4, 0.5) is 0 Å². The summed E-state index contributed by atoms with van der Waals surface area (Å²) in [5.41, 5.74) is 5.23. The van der Waals surface area contributed by atoms with Gasteiger partial charge in [0.05, 0.1) is 5.69 Å². The summed E-state index contributed by atoms with van der Waals surface area (Å²) in [6, 6.07) is 24.2. The number of benzene rings is 2. The van der Waals surface area contributed by atoms with Gasteiger partial charge in [0.1, 0.15) is 0 Å². The Morgan fingerprint density at radius 2 is 1.81 bits per heavy atom. The predicted molar refractivity (Wildman–Crippen MR) is 109 cm³/mol. The molecule has 3 nitrogen and oxygen atoms in total. The van der Waals surface area contributed by atoms with Crippen molar-refractivity contribution >= 4 is 5.91 Å². The number of carbonyl (C=O) groups is 1. The van der Waals surface area contributed by atoms with Crippen LogP contribution in [0.3, 0.4) is 0 Å². The SMILES string of the molecule is Cc1cccc(-c2cccc([C@@H]3CCCN(C(=O)c4ccccc4)C3)n2)c1. The Labute approximate surface area is 160 Å². The van der Waals surface area contributed by atoms with Crippen molar-refractivity contribution in [3.63, 3.8) is 0 Å². The van der Waals surface area contributed by atoms with Gasteiger partial charge in [-0.1, -0.05) is 48.0 Å². The third-order valence-corrected chi connectivity index (χ3v) is 5.23. The standard InChI is InChI=1S/C24H24N2O/c1-18-8-5-11-20(16-18)22-13-6-14-23(25-22)21-12-7-15-26(17-21)24(27)19-9-3-2-4-10-19/h2-6,8-11,13-14,16,21H,7,12,15,17H2,1H3/t21-/m1/s1. The van der Waals surface area contributed by atoms with Gasteiger partial charge in [-0.15, -0.1) is 0 Å². The van der Waals surface area contributed by atoms with Crippen molar-refractivity contribution in [2.75, 3.05) is 13.1 Å². The molecule has 1 amide bonds. The van der Waals surface area contributed by atoms with Gasteiger partial charge < -0.3 is 4.90 Å². The molecule has 0 N–H and O–H groups in total. The van der Waals surface area contributed by atoms with E-state index in [0.717, 1.165) is 48.4 Å². The molecule has 3 heteroatoms. The second-order valence-electron chi connectivity index (χ2n) is 7.27. The molecule has 4 rings (SSSR count). The van der Waals surface area contributed by atoms with Crippen molar-refractivity contribution in [3.05, 3.63) is 89.6 Å². The number of aromatic nitrogens is 1. The Hall–Kier alpha value is -2.94. The summed E-state index contributed by atoms with van der Waals surface area (Å²) in [7, 11) is 0. The van der Waals surface area contributed by atoms with E-state index in [2.05, 4.69) is 49.4 Å². The highest BCUT2D eigenvalue weighted by atomic mass is 16.2. The molecule has 1 aliphatic rings.